The SMILES string of the molecule is Cn1cnc(Cn2cc(Cc3ccc(Oc4ccccc4)cc3)c(-c3cccc4ccccc34)c2)c1. The summed E-state index contributed by atoms with van der Waals surface area (Å²) in [5.74, 6) is 1.68. The first-order chi connectivity index (χ1) is 17.7. The second kappa shape index (κ2) is 9.59. The van der Waals surface area contributed by atoms with E-state index in [9.17, 15) is 0 Å². The average molecular weight is 470 g/mol. The van der Waals surface area contributed by atoms with Gasteiger partial charge in [-0.15, -0.1) is 0 Å². The third kappa shape index (κ3) is 4.66. The van der Waals surface area contributed by atoms with Crippen molar-refractivity contribution in [2.24, 2.45) is 7.05 Å². The molecule has 4 nitrogen and oxygen atoms in total. The Bertz CT molecular complexity index is 1610. The van der Waals surface area contributed by atoms with Crippen molar-refractivity contribution in [2.45, 2.75) is 13.0 Å². The molecular formula is C32H27N3O. The Morgan fingerprint density at radius 3 is 2.25 bits per heavy atom. The molecule has 0 saturated heterocycles. The molecule has 36 heavy (non-hydrogen) atoms. The highest BCUT2D eigenvalue weighted by Crippen LogP contribution is 2.33. The van der Waals surface area contributed by atoms with E-state index >= 15 is 0 Å². The molecule has 6 aromatic rings. The Morgan fingerprint density at radius 2 is 1.44 bits per heavy atom. The number of ether oxygens (including phenoxy) is 1. The molecule has 0 spiro atoms. The molecule has 0 aliphatic carbocycles. The topological polar surface area (TPSA) is 32.0 Å². The zero-order chi connectivity index (χ0) is 24.3. The van der Waals surface area contributed by atoms with Gasteiger partial charge in [-0.05, 0) is 58.1 Å². The lowest BCUT2D eigenvalue weighted by molar-refractivity contribution is 0.482. The third-order valence-electron chi connectivity index (χ3n) is 6.44. The van der Waals surface area contributed by atoms with Gasteiger partial charge in [0.15, 0.2) is 0 Å². The summed E-state index contributed by atoms with van der Waals surface area (Å²) in [5, 5.41) is 2.52. The maximum Gasteiger partial charge on any atom is 0.127 e. The van der Waals surface area contributed by atoms with Crippen LogP contribution in [0.1, 0.15) is 16.8 Å². The minimum atomic E-state index is 0.739. The molecule has 0 aliphatic heterocycles. The van der Waals surface area contributed by atoms with Gasteiger partial charge in [0.25, 0.3) is 0 Å². The van der Waals surface area contributed by atoms with Crippen molar-refractivity contribution >= 4 is 10.8 Å². The normalized spacial score (nSPS) is 11.1. The van der Waals surface area contributed by atoms with E-state index in [1.165, 1.54) is 33.0 Å². The molecule has 0 bridgehead atoms. The number of aryl methyl sites for hydroxylation is 1. The second-order valence-electron chi connectivity index (χ2n) is 9.16. The van der Waals surface area contributed by atoms with Gasteiger partial charge in [-0.3, -0.25) is 0 Å². The molecule has 0 fully saturated rings. The fraction of sp³-hybridized carbons (Fsp3) is 0.0938. The fourth-order valence-electron chi connectivity index (χ4n) is 4.75. The van der Waals surface area contributed by atoms with E-state index in [0.717, 1.165) is 30.2 Å². The summed E-state index contributed by atoms with van der Waals surface area (Å²) >= 11 is 0. The Kier molecular flexibility index (Phi) is 5.84. The van der Waals surface area contributed by atoms with Gasteiger partial charge in [-0.1, -0.05) is 72.8 Å². The van der Waals surface area contributed by atoms with Gasteiger partial charge in [0.05, 0.1) is 18.6 Å². The predicted molar refractivity (Wildman–Crippen MR) is 145 cm³/mol. The monoisotopic (exact) mass is 469 g/mol. The van der Waals surface area contributed by atoms with Crippen LogP contribution >= 0.6 is 0 Å². The van der Waals surface area contributed by atoms with E-state index in [4.69, 9.17) is 4.74 Å². The Labute approximate surface area is 211 Å². The minimum absolute atomic E-state index is 0.739. The maximum absolute atomic E-state index is 5.98. The molecule has 4 heteroatoms. The van der Waals surface area contributed by atoms with Crippen LogP contribution in [-0.4, -0.2) is 14.1 Å². The molecule has 0 radical (unpaired) electrons. The number of aromatic nitrogens is 3. The molecule has 4 aromatic carbocycles. The second-order valence-corrected chi connectivity index (χ2v) is 9.16. The first-order valence-electron chi connectivity index (χ1n) is 12.2. The van der Waals surface area contributed by atoms with E-state index in [0.29, 0.717) is 0 Å². The summed E-state index contributed by atoms with van der Waals surface area (Å²) in [5.41, 5.74) is 6.09. The van der Waals surface area contributed by atoms with Crippen molar-refractivity contribution in [1.82, 2.24) is 14.1 Å². The van der Waals surface area contributed by atoms with Gasteiger partial charge in [0.1, 0.15) is 11.5 Å². The van der Waals surface area contributed by atoms with Crippen molar-refractivity contribution in [2.75, 3.05) is 0 Å². The first-order valence-corrected chi connectivity index (χ1v) is 12.2. The zero-order valence-corrected chi connectivity index (χ0v) is 20.2. The smallest absolute Gasteiger partial charge is 0.127 e. The molecule has 2 heterocycles. The molecule has 0 atom stereocenters. The highest BCUT2D eigenvalue weighted by molar-refractivity contribution is 5.97. The van der Waals surface area contributed by atoms with Crippen LogP contribution in [0.2, 0.25) is 0 Å². The van der Waals surface area contributed by atoms with Crippen LogP contribution in [0.3, 0.4) is 0 Å². The number of fused-ring (bicyclic) bond motifs is 1. The van der Waals surface area contributed by atoms with Crippen molar-refractivity contribution in [3.05, 3.63) is 139 Å². The van der Waals surface area contributed by atoms with Crippen LogP contribution in [0.25, 0.3) is 21.9 Å². The molecular weight excluding hydrogens is 442 g/mol. The number of rotatable bonds is 7. The Morgan fingerprint density at radius 1 is 0.694 bits per heavy atom. The Hall–Kier alpha value is -4.57. The summed E-state index contributed by atoms with van der Waals surface area (Å²) in [6.45, 7) is 0.739. The number of para-hydroxylation sites is 1. The summed E-state index contributed by atoms with van der Waals surface area (Å²) in [7, 11) is 2.00. The van der Waals surface area contributed by atoms with E-state index in [2.05, 4.69) is 82.7 Å². The fourth-order valence-corrected chi connectivity index (χ4v) is 4.75. The van der Waals surface area contributed by atoms with E-state index < -0.39 is 0 Å². The molecule has 0 unspecified atom stereocenters. The van der Waals surface area contributed by atoms with Gasteiger partial charge in [-0.2, -0.15) is 0 Å². The van der Waals surface area contributed by atoms with Crippen LogP contribution in [-0.2, 0) is 20.0 Å². The van der Waals surface area contributed by atoms with Crippen LogP contribution in [0.5, 0.6) is 11.5 Å². The van der Waals surface area contributed by atoms with Crippen molar-refractivity contribution in [3.8, 4) is 22.6 Å². The number of hydrogen-bond acceptors (Lipinski definition) is 2. The number of nitrogens with zero attached hydrogens (tertiary/aromatic N) is 3. The van der Waals surface area contributed by atoms with Gasteiger partial charge in [0, 0.05) is 31.2 Å². The van der Waals surface area contributed by atoms with E-state index in [1.807, 2.05) is 60.4 Å². The van der Waals surface area contributed by atoms with Crippen LogP contribution < -0.4 is 4.74 Å². The van der Waals surface area contributed by atoms with Gasteiger partial charge in [0.2, 0.25) is 0 Å². The molecule has 0 saturated carbocycles. The van der Waals surface area contributed by atoms with Crippen molar-refractivity contribution in [3.63, 3.8) is 0 Å². The highest BCUT2D eigenvalue weighted by atomic mass is 16.5. The van der Waals surface area contributed by atoms with Gasteiger partial charge in [-0.25, -0.2) is 4.98 Å². The average Bonchev–Trinajstić information content (AvgIpc) is 3.50. The number of hydrogen-bond donors (Lipinski definition) is 0. The van der Waals surface area contributed by atoms with Crippen LogP contribution in [0.15, 0.2) is 122 Å². The van der Waals surface area contributed by atoms with Crippen LogP contribution in [0, 0.1) is 0 Å². The first kappa shape index (κ1) is 21.9. The van der Waals surface area contributed by atoms with Crippen molar-refractivity contribution in [1.29, 1.82) is 0 Å². The molecule has 0 amide bonds. The van der Waals surface area contributed by atoms with Gasteiger partial charge < -0.3 is 13.9 Å². The quantitative estimate of drug-likeness (QED) is 0.243. The molecule has 0 N–H and O–H groups in total. The van der Waals surface area contributed by atoms with Crippen LogP contribution in [0.4, 0.5) is 0 Å². The standard InChI is InChI=1S/C32H27N3O/c1-34-20-27(33-23-34)21-35-19-26(32(22-35)31-13-7-9-25-8-5-6-12-30(25)31)18-24-14-16-29(17-15-24)36-28-10-3-2-4-11-28/h2-17,19-20,22-23H,18,21H2,1H3. The van der Waals surface area contributed by atoms with Gasteiger partial charge >= 0.3 is 0 Å². The summed E-state index contributed by atoms with van der Waals surface area (Å²) in [6, 6.07) is 33.4. The Balaban J connectivity index is 1.34. The lowest BCUT2D eigenvalue weighted by Crippen LogP contribution is -1.96. The lowest BCUT2D eigenvalue weighted by atomic mass is 9.95. The highest BCUT2D eigenvalue weighted by Gasteiger charge is 2.14. The number of imidazole rings is 1. The molecule has 6 rings (SSSR count). The largest absolute Gasteiger partial charge is 0.457 e. The maximum atomic E-state index is 5.98. The molecule has 2 aromatic heterocycles. The number of benzene rings is 4. The third-order valence-corrected chi connectivity index (χ3v) is 6.44. The summed E-state index contributed by atoms with van der Waals surface area (Å²) in [6.07, 6.45) is 9.28. The molecule has 176 valence electrons. The van der Waals surface area contributed by atoms with Crippen molar-refractivity contribution < 1.29 is 4.74 Å². The zero-order valence-electron chi connectivity index (χ0n) is 20.2. The molecule has 0 aliphatic rings. The van der Waals surface area contributed by atoms with E-state index in [-0.39, 0.29) is 0 Å². The summed E-state index contributed by atoms with van der Waals surface area (Å²) < 4.78 is 10.2. The van der Waals surface area contributed by atoms with E-state index in [1.54, 1.807) is 0 Å². The predicted octanol–water partition coefficient (Wildman–Crippen LogP) is 7.47. The minimum Gasteiger partial charge on any atom is -0.457 e. The summed E-state index contributed by atoms with van der Waals surface area (Å²) in [4.78, 5) is 4.53. The lowest BCUT2D eigenvalue weighted by Gasteiger charge is -2.09.